The van der Waals surface area contributed by atoms with Gasteiger partial charge in [0.25, 0.3) is 0 Å². The van der Waals surface area contributed by atoms with Crippen LogP contribution < -0.4 is 10.6 Å². The molecule has 0 aromatic carbocycles. The highest BCUT2D eigenvalue weighted by Gasteiger charge is 2.32. The summed E-state index contributed by atoms with van der Waals surface area (Å²) < 4.78 is 0. The van der Waals surface area contributed by atoms with Crippen molar-refractivity contribution in [3.8, 4) is 0 Å². The predicted molar refractivity (Wildman–Crippen MR) is 72.3 cm³/mol. The third kappa shape index (κ3) is 7.12. The minimum atomic E-state index is -1.30. The molecule has 19 heavy (non-hydrogen) atoms. The second-order valence-corrected chi connectivity index (χ2v) is 5.79. The normalized spacial score (nSPS) is 13.2. The van der Waals surface area contributed by atoms with Crippen molar-refractivity contribution in [2.75, 3.05) is 19.7 Å². The molecule has 0 unspecified atom stereocenters. The van der Waals surface area contributed by atoms with Crippen LogP contribution in [0, 0.1) is 11.3 Å². The van der Waals surface area contributed by atoms with Gasteiger partial charge in [0.1, 0.15) is 6.10 Å². The van der Waals surface area contributed by atoms with Gasteiger partial charge in [0, 0.05) is 24.9 Å². The maximum atomic E-state index is 11.6. The van der Waals surface area contributed by atoms with E-state index in [2.05, 4.69) is 10.6 Å². The quantitative estimate of drug-likeness (QED) is 0.486. The Balaban J connectivity index is 3.95. The number of amides is 2. The van der Waals surface area contributed by atoms with Crippen molar-refractivity contribution in [2.24, 2.45) is 11.3 Å². The van der Waals surface area contributed by atoms with Crippen LogP contribution in [0.4, 0.5) is 0 Å². The Kier molecular flexibility index (Phi) is 7.63. The first-order chi connectivity index (χ1) is 8.70. The minimum absolute atomic E-state index is 0.134. The van der Waals surface area contributed by atoms with E-state index >= 15 is 0 Å². The Morgan fingerprint density at radius 2 is 1.79 bits per heavy atom. The Morgan fingerprint density at radius 3 is 2.26 bits per heavy atom. The summed E-state index contributed by atoms with van der Waals surface area (Å²) in [7, 11) is 0. The predicted octanol–water partition coefficient (Wildman–Crippen LogP) is -0.356. The van der Waals surface area contributed by atoms with Crippen molar-refractivity contribution in [3.05, 3.63) is 0 Å². The number of carbonyl (C=O) groups excluding carboxylic acids is 2. The van der Waals surface area contributed by atoms with E-state index in [-0.39, 0.29) is 25.5 Å². The standard InChI is InChI=1S/C13H26N2O4/c1-9(2)7-15-10(17)5-6-14-12(19)11(18)13(3,4)8-16/h9,11,16,18H,5-8H2,1-4H3,(H,14,19)(H,15,17)/t11-/m0/s1. The molecule has 0 saturated heterocycles. The van der Waals surface area contributed by atoms with E-state index < -0.39 is 17.4 Å². The van der Waals surface area contributed by atoms with Crippen molar-refractivity contribution in [3.63, 3.8) is 0 Å². The third-order valence-corrected chi connectivity index (χ3v) is 2.75. The summed E-state index contributed by atoms with van der Waals surface area (Å²) in [4.78, 5) is 23.0. The summed E-state index contributed by atoms with van der Waals surface area (Å²) in [5, 5.41) is 24.0. The number of rotatable bonds is 8. The zero-order valence-electron chi connectivity index (χ0n) is 12.2. The smallest absolute Gasteiger partial charge is 0.249 e. The van der Waals surface area contributed by atoms with Gasteiger partial charge in [-0.25, -0.2) is 0 Å². The van der Waals surface area contributed by atoms with E-state index in [1.165, 1.54) is 0 Å². The van der Waals surface area contributed by atoms with Gasteiger partial charge in [-0.15, -0.1) is 0 Å². The third-order valence-electron chi connectivity index (χ3n) is 2.75. The van der Waals surface area contributed by atoms with E-state index in [4.69, 9.17) is 5.11 Å². The van der Waals surface area contributed by atoms with Gasteiger partial charge in [-0.05, 0) is 5.92 Å². The van der Waals surface area contributed by atoms with Crippen LogP contribution in [0.3, 0.4) is 0 Å². The fourth-order valence-corrected chi connectivity index (χ4v) is 1.24. The van der Waals surface area contributed by atoms with Gasteiger partial charge >= 0.3 is 0 Å². The average Bonchev–Trinajstić information content (AvgIpc) is 2.35. The molecule has 0 aromatic heterocycles. The van der Waals surface area contributed by atoms with Crippen LogP contribution in [-0.4, -0.2) is 47.8 Å². The van der Waals surface area contributed by atoms with Crippen LogP contribution in [-0.2, 0) is 9.59 Å². The van der Waals surface area contributed by atoms with E-state index in [0.29, 0.717) is 12.5 Å². The summed E-state index contributed by atoms with van der Waals surface area (Å²) >= 11 is 0. The molecule has 0 heterocycles. The first kappa shape index (κ1) is 17.9. The summed E-state index contributed by atoms with van der Waals surface area (Å²) in [6.07, 6.45) is -1.12. The van der Waals surface area contributed by atoms with Crippen LogP contribution >= 0.6 is 0 Å². The molecule has 0 rings (SSSR count). The Morgan fingerprint density at radius 1 is 1.21 bits per heavy atom. The van der Waals surface area contributed by atoms with Gasteiger partial charge in [0.15, 0.2) is 0 Å². The highest BCUT2D eigenvalue weighted by Crippen LogP contribution is 2.19. The first-order valence-corrected chi connectivity index (χ1v) is 6.54. The molecule has 0 aromatic rings. The maximum Gasteiger partial charge on any atom is 0.249 e. The van der Waals surface area contributed by atoms with Gasteiger partial charge < -0.3 is 20.8 Å². The number of carbonyl (C=O) groups is 2. The molecule has 0 spiro atoms. The number of hydrogen-bond acceptors (Lipinski definition) is 4. The van der Waals surface area contributed by atoms with Crippen molar-refractivity contribution in [1.82, 2.24) is 10.6 Å². The molecule has 0 saturated carbocycles. The molecule has 0 aliphatic heterocycles. The molecular weight excluding hydrogens is 248 g/mol. The summed E-state index contributed by atoms with van der Waals surface area (Å²) in [5.74, 6) is -0.327. The molecule has 0 fully saturated rings. The maximum absolute atomic E-state index is 11.6. The number of nitrogens with one attached hydrogen (secondary N) is 2. The average molecular weight is 274 g/mol. The van der Waals surface area contributed by atoms with Crippen molar-refractivity contribution in [1.29, 1.82) is 0 Å². The van der Waals surface area contributed by atoms with Gasteiger partial charge in [0.2, 0.25) is 11.8 Å². The number of aliphatic hydroxyl groups excluding tert-OH is 2. The monoisotopic (exact) mass is 274 g/mol. The van der Waals surface area contributed by atoms with Crippen molar-refractivity contribution >= 4 is 11.8 Å². The molecule has 112 valence electrons. The number of aliphatic hydroxyl groups is 2. The lowest BCUT2D eigenvalue weighted by Crippen LogP contribution is -2.46. The van der Waals surface area contributed by atoms with Crippen LogP contribution in [0.2, 0.25) is 0 Å². The van der Waals surface area contributed by atoms with Gasteiger partial charge in [-0.3, -0.25) is 9.59 Å². The summed E-state index contributed by atoms with van der Waals surface area (Å²) in [6.45, 7) is 7.65. The summed E-state index contributed by atoms with van der Waals surface area (Å²) in [6, 6.07) is 0. The highest BCUT2D eigenvalue weighted by molar-refractivity contribution is 5.82. The van der Waals surface area contributed by atoms with Gasteiger partial charge in [-0.2, -0.15) is 0 Å². The van der Waals surface area contributed by atoms with Crippen LogP contribution in [0.15, 0.2) is 0 Å². The molecule has 2 amide bonds. The minimum Gasteiger partial charge on any atom is -0.396 e. The first-order valence-electron chi connectivity index (χ1n) is 6.54. The van der Waals surface area contributed by atoms with Gasteiger partial charge in [-0.1, -0.05) is 27.7 Å². The fraction of sp³-hybridized carbons (Fsp3) is 0.846. The molecule has 0 radical (unpaired) electrons. The van der Waals surface area contributed by atoms with E-state index in [1.54, 1.807) is 13.8 Å². The number of hydrogen-bond donors (Lipinski definition) is 4. The lowest BCUT2D eigenvalue weighted by molar-refractivity contribution is -0.137. The molecule has 6 nitrogen and oxygen atoms in total. The molecular formula is C13H26N2O4. The van der Waals surface area contributed by atoms with Crippen LogP contribution in [0.1, 0.15) is 34.1 Å². The summed E-state index contributed by atoms with van der Waals surface area (Å²) in [5.41, 5.74) is -0.899. The molecule has 4 N–H and O–H groups in total. The molecule has 0 bridgehead atoms. The Bertz CT molecular complexity index is 303. The Hall–Kier alpha value is -1.14. The SMILES string of the molecule is CC(C)CNC(=O)CCNC(=O)[C@H](O)C(C)(C)CO. The largest absolute Gasteiger partial charge is 0.396 e. The zero-order valence-corrected chi connectivity index (χ0v) is 12.2. The van der Waals surface area contributed by atoms with Crippen molar-refractivity contribution in [2.45, 2.75) is 40.2 Å². The molecule has 6 heteroatoms. The Labute approximate surface area is 114 Å². The fourth-order valence-electron chi connectivity index (χ4n) is 1.24. The van der Waals surface area contributed by atoms with E-state index in [1.807, 2.05) is 13.8 Å². The topological polar surface area (TPSA) is 98.7 Å². The molecule has 1 atom stereocenters. The van der Waals surface area contributed by atoms with Crippen LogP contribution in [0.5, 0.6) is 0 Å². The lowest BCUT2D eigenvalue weighted by atomic mass is 9.87. The second kappa shape index (κ2) is 8.12. The molecule has 0 aliphatic carbocycles. The lowest BCUT2D eigenvalue weighted by Gasteiger charge is -2.27. The molecule has 0 aliphatic rings. The van der Waals surface area contributed by atoms with Gasteiger partial charge in [0.05, 0.1) is 6.61 Å². The zero-order chi connectivity index (χ0) is 15.1. The van der Waals surface area contributed by atoms with E-state index in [9.17, 15) is 14.7 Å². The van der Waals surface area contributed by atoms with Crippen molar-refractivity contribution < 1.29 is 19.8 Å². The van der Waals surface area contributed by atoms with E-state index in [0.717, 1.165) is 0 Å². The van der Waals surface area contributed by atoms with Crippen LogP contribution in [0.25, 0.3) is 0 Å². The second-order valence-electron chi connectivity index (χ2n) is 5.79. The highest BCUT2D eigenvalue weighted by atomic mass is 16.3.